The molecule has 1 fully saturated rings. The Hall–Kier alpha value is -1.69. The Morgan fingerprint density at radius 2 is 1.75 bits per heavy atom. The van der Waals surface area contributed by atoms with E-state index in [0.717, 1.165) is 0 Å². The van der Waals surface area contributed by atoms with Crippen LogP contribution in [0.25, 0.3) is 0 Å². The average Bonchev–Trinajstić information content (AvgIpc) is 2.69. The summed E-state index contributed by atoms with van der Waals surface area (Å²) in [6.07, 6.45) is -1.55. The number of benzene rings is 1. The zero-order valence-corrected chi connectivity index (χ0v) is 11.0. The van der Waals surface area contributed by atoms with Gasteiger partial charge in [0.25, 0.3) is 0 Å². The number of hydrogen-bond acceptors (Lipinski definition) is 2. The second-order valence-corrected chi connectivity index (χ2v) is 5.25. The van der Waals surface area contributed by atoms with E-state index in [1.165, 1.54) is 24.3 Å². The van der Waals surface area contributed by atoms with E-state index < -0.39 is 42.5 Å². The third-order valence-electron chi connectivity index (χ3n) is 3.29. The molecule has 0 bridgehead atoms. The van der Waals surface area contributed by atoms with Crippen LogP contribution >= 0.6 is 11.6 Å². The third kappa shape index (κ3) is 3.25. The summed E-state index contributed by atoms with van der Waals surface area (Å²) in [5.41, 5.74) is 0.388. The number of carbonyl (C=O) groups excluding carboxylic acids is 1. The monoisotopic (exact) mass is 303 g/mol. The molecule has 0 saturated heterocycles. The Morgan fingerprint density at radius 3 is 2.30 bits per heavy atom. The molecule has 0 aromatic heterocycles. The topological polar surface area (TPSA) is 66.4 Å². The van der Waals surface area contributed by atoms with Crippen molar-refractivity contribution in [2.75, 3.05) is 5.32 Å². The van der Waals surface area contributed by atoms with E-state index >= 15 is 0 Å². The maximum atomic E-state index is 13.3. The highest BCUT2D eigenvalue weighted by atomic mass is 35.5. The van der Waals surface area contributed by atoms with Gasteiger partial charge in [-0.1, -0.05) is 11.6 Å². The molecule has 1 aliphatic carbocycles. The largest absolute Gasteiger partial charge is 0.481 e. The molecule has 0 radical (unpaired) electrons. The van der Waals surface area contributed by atoms with E-state index in [9.17, 15) is 18.4 Å². The number of alkyl halides is 2. The van der Waals surface area contributed by atoms with E-state index in [2.05, 4.69) is 5.32 Å². The molecule has 108 valence electrons. The molecule has 2 atom stereocenters. The van der Waals surface area contributed by atoms with Gasteiger partial charge in [-0.15, -0.1) is 0 Å². The maximum absolute atomic E-state index is 13.3. The van der Waals surface area contributed by atoms with Crippen LogP contribution in [0.2, 0.25) is 5.02 Å². The summed E-state index contributed by atoms with van der Waals surface area (Å²) in [5.74, 6) is -7.81. The van der Waals surface area contributed by atoms with Crippen molar-refractivity contribution in [1.29, 1.82) is 0 Å². The highest BCUT2D eigenvalue weighted by Crippen LogP contribution is 2.43. The number of carboxylic acid groups (broad SMARTS) is 1. The molecule has 1 saturated carbocycles. The Morgan fingerprint density at radius 1 is 1.20 bits per heavy atom. The lowest BCUT2D eigenvalue weighted by atomic mass is 9.95. The quantitative estimate of drug-likeness (QED) is 0.902. The van der Waals surface area contributed by atoms with Crippen molar-refractivity contribution in [1.82, 2.24) is 0 Å². The smallest absolute Gasteiger partial charge is 0.307 e. The number of halogens is 3. The van der Waals surface area contributed by atoms with Crippen LogP contribution in [0.4, 0.5) is 14.5 Å². The predicted octanol–water partition coefficient (Wildman–Crippen LogP) is 3.02. The van der Waals surface area contributed by atoms with Crippen LogP contribution < -0.4 is 5.32 Å². The predicted molar refractivity (Wildman–Crippen MR) is 68.9 cm³/mol. The summed E-state index contributed by atoms with van der Waals surface area (Å²) in [6, 6.07) is 6.11. The Kier molecular flexibility index (Phi) is 3.94. The molecule has 1 aromatic carbocycles. The number of carboxylic acids is 1. The van der Waals surface area contributed by atoms with Gasteiger partial charge in [0, 0.05) is 23.6 Å². The van der Waals surface area contributed by atoms with Crippen molar-refractivity contribution in [3.8, 4) is 0 Å². The van der Waals surface area contributed by atoms with E-state index in [4.69, 9.17) is 16.7 Å². The fourth-order valence-electron chi connectivity index (χ4n) is 2.31. The van der Waals surface area contributed by atoms with Crippen molar-refractivity contribution in [3.05, 3.63) is 29.3 Å². The van der Waals surface area contributed by atoms with Gasteiger partial charge in [-0.25, -0.2) is 8.78 Å². The maximum Gasteiger partial charge on any atom is 0.307 e. The van der Waals surface area contributed by atoms with Crippen LogP contribution in [-0.4, -0.2) is 22.9 Å². The van der Waals surface area contributed by atoms with Crippen LogP contribution in [0.1, 0.15) is 12.8 Å². The summed E-state index contributed by atoms with van der Waals surface area (Å²) in [7, 11) is 0. The van der Waals surface area contributed by atoms with Gasteiger partial charge in [-0.3, -0.25) is 9.59 Å². The number of nitrogens with one attached hydrogen (secondary N) is 1. The van der Waals surface area contributed by atoms with Crippen LogP contribution in [0, 0.1) is 11.8 Å². The van der Waals surface area contributed by atoms with Gasteiger partial charge >= 0.3 is 5.97 Å². The first kappa shape index (κ1) is 14.7. The number of hydrogen-bond donors (Lipinski definition) is 2. The number of carbonyl (C=O) groups is 2. The molecular weight excluding hydrogens is 292 g/mol. The first-order valence-electron chi connectivity index (χ1n) is 5.95. The van der Waals surface area contributed by atoms with Gasteiger partial charge in [-0.05, 0) is 24.3 Å². The van der Waals surface area contributed by atoms with Crippen molar-refractivity contribution in [2.24, 2.45) is 11.8 Å². The van der Waals surface area contributed by atoms with Crippen molar-refractivity contribution in [2.45, 2.75) is 18.8 Å². The van der Waals surface area contributed by atoms with Crippen LogP contribution in [0.15, 0.2) is 24.3 Å². The minimum atomic E-state index is -3.12. The first-order chi connectivity index (χ1) is 9.28. The summed E-state index contributed by atoms with van der Waals surface area (Å²) >= 11 is 5.69. The zero-order valence-electron chi connectivity index (χ0n) is 10.3. The molecule has 2 N–H and O–H groups in total. The molecule has 0 unspecified atom stereocenters. The summed E-state index contributed by atoms with van der Waals surface area (Å²) in [6.45, 7) is 0. The fraction of sp³-hybridized carbons (Fsp3) is 0.385. The van der Waals surface area contributed by atoms with Crippen LogP contribution in [0.3, 0.4) is 0 Å². The highest BCUT2D eigenvalue weighted by molar-refractivity contribution is 6.30. The average molecular weight is 304 g/mol. The molecule has 2 rings (SSSR count). The number of anilines is 1. The second-order valence-electron chi connectivity index (χ2n) is 4.81. The van der Waals surface area contributed by atoms with Gasteiger partial charge in [0.05, 0.1) is 11.8 Å². The van der Waals surface area contributed by atoms with E-state index in [1.54, 1.807) is 0 Å². The molecule has 1 aromatic rings. The van der Waals surface area contributed by atoms with Gasteiger partial charge < -0.3 is 10.4 Å². The van der Waals surface area contributed by atoms with Gasteiger partial charge in [0.15, 0.2) is 0 Å². The minimum absolute atomic E-state index is 0.388. The number of rotatable bonds is 3. The van der Waals surface area contributed by atoms with Crippen LogP contribution in [-0.2, 0) is 9.59 Å². The molecule has 1 aliphatic rings. The summed E-state index contributed by atoms with van der Waals surface area (Å²) in [4.78, 5) is 22.9. The van der Waals surface area contributed by atoms with Crippen molar-refractivity contribution >= 4 is 29.2 Å². The van der Waals surface area contributed by atoms with Crippen LogP contribution in [0.5, 0.6) is 0 Å². The molecule has 0 heterocycles. The molecule has 1 amide bonds. The standard InChI is InChI=1S/C13H12ClF2NO3/c14-7-1-3-8(4-2-7)17-11(18)9-5-13(15,16)6-10(9)12(19)20/h1-4,9-10H,5-6H2,(H,17,18)(H,19,20)/t9-,10-/m0/s1. The molecule has 0 spiro atoms. The fourth-order valence-corrected chi connectivity index (χ4v) is 2.44. The minimum Gasteiger partial charge on any atom is -0.481 e. The summed E-state index contributed by atoms with van der Waals surface area (Å²) in [5, 5.41) is 11.8. The lowest BCUT2D eigenvalue weighted by Crippen LogP contribution is -2.30. The number of aliphatic carboxylic acids is 1. The molecule has 0 aliphatic heterocycles. The Bertz CT molecular complexity index is 533. The molecule has 7 heteroatoms. The summed E-state index contributed by atoms with van der Waals surface area (Å²) < 4.78 is 26.6. The Labute approximate surface area is 118 Å². The van der Waals surface area contributed by atoms with Crippen molar-refractivity contribution in [3.63, 3.8) is 0 Å². The van der Waals surface area contributed by atoms with E-state index in [-0.39, 0.29) is 0 Å². The Balaban J connectivity index is 2.11. The highest BCUT2D eigenvalue weighted by Gasteiger charge is 2.52. The zero-order chi connectivity index (χ0) is 14.9. The normalized spacial score (nSPS) is 24.4. The lowest BCUT2D eigenvalue weighted by molar-refractivity contribution is -0.145. The van der Waals surface area contributed by atoms with E-state index in [0.29, 0.717) is 10.7 Å². The lowest BCUT2D eigenvalue weighted by Gasteiger charge is -2.14. The SMILES string of the molecule is O=C(O)[C@H]1CC(F)(F)C[C@@H]1C(=O)Nc1ccc(Cl)cc1. The van der Waals surface area contributed by atoms with Gasteiger partial charge in [-0.2, -0.15) is 0 Å². The molecule has 4 nitrogen and oxygen atoms in total. The van der Waals surface area contributed by atoms with Crippen molar-refractivity contribution < 1.29 is 23.5 Å². The number of amides is 1. The molecular formula is C13H12ClF2NO3. The van der Waals surface area contributed by atoms with Gasteiger partial charge in [0.1, 0.15) is 0 Å². The first-order valence-corrected chi connectivity index (χ1v) is 6.33. The van der Waals surface area contributed by atoms with Gasteiger partial charge in [0.2, 0.25) is 11.8 Å². The molecule has 20 heavy (non-hydrogen) atoms. The van der Waals surface area contributed by atoms with E-state index in [1.807, 2.05) is 0 Å². The second kappa shape index (κ2) is 5.36. The third-order valence-corrected chi connectivity index (χ3v) is 3.54.